The van der Waals surface area contributed by atoms with E-state index in [1.165, 1.54) is 43.4 Å². The van der Waals surface area contributed by atoms with Crippen LogP contribution in [-0.4, -0.2) is 72.3 Å². The van der Waals surface area contributed by atoms with Crippen LogP contribution in [0.2, 0.25) is 0 Å². The maximum absolute atomic E-state index is 13.0. The number of nitrogens with zero attached hydrogens (tertiary/aromatic N) is 2. The van der Waals surface area contributed by atoms with Crippen molar-refractivity contribution in [2.45, 2.75) is 6.04 Å². The number of ketones is 1. The van der Waals surface area contributed by atoms with E-state index >= 15 is 0 Å². The Morgan fingerprint density at radius 1 is 1.06 bits per heavy atom. The third kappa shape index (κ3) is 4.85. The molecule has 0 spiro atoms. The first-order chi connectivity index (χ1) is 16.3. The Hall–Kier alpha value is -3.96. The summed E-state index contributed by atoms with van der Waals surface area (Å²) >= 11 is 0. The zero-order valence-electron chi connectivity index (χ0n) is 18.6. The van der Waals surface area contributed by atoms with Gasteiger partial charge in [-0.3, -0.25) is 19.7 Å². The van der Waals surface area contributed by atoms with E-state index in [1.54, 1.807) is 18.2 Å². The van der Waals surface area contributed by atoms with Crippen LogP contribution in [0, 0.1) is 10.1 Å². The van der Waals surface area contributed by atoms with Crippen LogP contribution in [0.15, 0.2) is 48.0 Å². The molecule has 180 valence electrons. The standard InChI is InChI=1S/C23H24N2O9/c1-32-17-8-5-15(13-18(17)33-2)20-19(21(27)14-3-6-16(7-4-14)25(30)31)22(28)23(29)24(20)9-11-34-12-10-26/h3-8,13,20,26-27H,9-12H2,1-2H3. The number of hydrogen-bond donors (Lipinski definition) is 2. The van der Waals surface area contributed by atoms with E-state index in [0.717, 1.165) is 0 Å². The van der Waals surface area contributed by atoms with Gasteiger partial charge in [-0.05, 0) is 29.8 Å². The molecule has 2 aromatic carbocycles. The van der Waals surface area contributed by atoms with Gasteiger partial charge in [0.2, 0.25) is 0 Å². The number of ether oxygens (including phenoxy) is 3. The number of amides is 1. The Morgan fingerprint density at radius 2 is 1.74 bits per heavy atom. The lowest BCUT2D eigenvalue weighted by atomic mass is 9.95. The lowest BCUT2D eigenvalue weighted by Gasteiger charge is -2.26. The highest BCUT2D eigenvalue weighted by molar-refractivity contribution is 6.46. The molecule has 1 fully saturated rings. The molecule has 0 aliphatic carbocycles. The molecule has 1 atom stereocenters. The van der Waals surface area contributed by atoms with Crippen LogP contribution >= 0.6 is 0 Å². The van der Waals surface area contributed by atoms with Crippen LogP contribution in [0.4, 0.5) is 5.69 Å². The topological polar surface area (TPSA) is 149 Å². The molecule has 3 rings (SSSR count). The average Bonchev–Trinajstić information content (AvgIpc) is 3.10. The molecule has 1 saturated heterocycles. The van der Waals surface area contributed by atoms with Crippen molar-refractivity contribution >= 4 is 23.1 Å². The number of aliphatic hydroxyl groups excluding tert-OH is 2. The number of methoxy groups -OCH3 is 2. The van der Waals surface area contributed by atoms with Gasteiger partial charge >= 0.3 is 0 Å². The summed E-state index contributed by atoms with van der Waals surface area (Å²) in [6.45, 7) is -0.0681. The fraction of sp³-hybridized carbons (Fsp3) is 0.304. The van der Waals surface area contributed by atoms with Gasteiger partial charge in [-0.25, -0.2) is 0 Å². The number of likely N-dealkylation sites (tertiary alicyclic amines) is 1. The summed E-state index contributed by atoms with van der Waals surface area (Å²) in [6, 6.07) is 8.87. The average molecular weight is 472 g/mol. The number of Topliss-reactive ketones (excluding diaryl/α,β-unsaturated/α-hetero) is 1. The van der Waals surface area contributed by atoms with Gasteiger partial charge in [0.1, 0.15) is 5.76 Å². The van der Waals surface area contributed by atoms with E-state index < -0.39 is 28.4 Å². The smallest absolute Gasteiger partial charge is 0.295 e. The minimum Gasteiger partial charge on any atom is -0.507 e. The second kappa shape index (κ2) is 10.8. The third-order valence-corrected chi connectivity index (χ3v) is 5.33. The largest absolute Gasteiger partial charge is 0.507 e. The van der Waals surface area contributed by atoms with Gasteiger partial charge in [0.15, 0.2) is 11.5 Å². The minimum absolute atomic E-state index is 0.0145. The van der Waals surface area contributed by atoms with E-state index in [-0.39, 0.29) is 43.2 Å². The highest BCUT2D eigenvalue weighted by Crippen LogP contribution is 2.41. The van der Waals surface area contributed by atoms with E-state index in [2.05, 4.69) is 0 Å². The molecule has 1 heterocycles. The summed E-state index contributed by atoms with van der Waals surface area (Å²) in [7, 11) is 2.91. The van der Waals surface area contributed by atoms with Crippen LogP contribution in [0.5, 0.6) is 11.5 Å². The highest BCUT2D eigenvalue weighted by atomic mass is 16.6. The Bertz CT molecular complexity index is 1110. The summed E-state index contributed by atoms with van der Waals surface area (Å²) in [4.78, 5) is 37.5. The number of aliphatic hydroxyl groups is 2. The van der Waals surface area contributed by atoms with Gasteiger partial charge in [-0.1, -0.05) is 6.07 Å². The number of nitro benzene ring substituents is 1. The Balaban J connectivity index is 2.11. The lowest BCUT2D eigenvalue weighted by Crippen LogP contribution is -2.33. The van der Waals surface area contributed by atoms with Gasteiger partial charge in [-0.2, -0.15) is 0 Å². The van der Waals surface area contributed by atoms with Crippen LogP contribution in [-0.2, 0) is 14.3 Å². The first-order valence-electron chi connectivity index (χ1n) is 10.3. The molecule has 0 saturated carbocycles. The van der Waals surface area contributed by atoms with Gasteiger partial charge in [0, 0.05) is 24.2 Å². The van der Waals surface area contributed by atoms with E-state index in [0.29, 0.717) is 17.1 Å². The summed E-state index contributed by atoms with van der Waals surface area (Å²) in [5, 5.41) is 30.9. The predicted molar refractivity (Wildman–Crippen MR) is 120 cm³/mol. The van der Waals surface area contributed by atoms with Crippen molar-refractivity contribution in [3.05, 3.63) is 69.3 Å². The number of rotatable bonds is 10. The molecule has 1 unspecified atom stereocenters. The second-order valence-electron chi connectivity index (χ2n) is 7.25. The summed E-state index contributed by atoms with van der Waals surface area (Å²) < 4.78 is 15.9. The van der Waals surface area contributed by atoms with Gasteiger partial charge in [-0.15, -0.1) is 0 Å². The molecule has 0 radical (unpaired) electrons. The van der Waals surface area contributed by atoms with Crippen LogP contribution in [0.3, 0.4) is 0 Å². The van der Waals surface area contributed by atoms with Crippen LogP contribution in [0.25, 0.3) is 5.76 Å². The molecule has 1 aliphatic rings. The highest BCUT2D eigenvalue weighted by Gasteiger charge is 2.46. The molecule has 0 bridgehead atoms. The number of hydrogen-bond acceptors (Lipinski definition) is 9. The predicted octanol–water partition coefficient (Wildman–Crippen LogP) is 2.04. The fourth-order valence-electron chi connectivity index (χ4n) is 3.71. The first kappa shape index (κ1) is 24.7. The van der Waals surface area contributed by atoms with E-state index in [4.69, 9.17) is 19.3 Å². The molecule has 1 amide bonds. The van der Waals surface area contributed by atoms with Gasteiger partial charge in [0.25, 0.3) is 17.4 Å². The van der Waals surface area contributed by atoms with Crippen LogP contribution in [0.1, 0.15) is 17.2 Å². The lowest BCUT2D eigenvalue weighted by molar-refractivity contribution is -0.384. The summed E-state index contributed by atoms with van der Waals surface area (Å²) in [6.07, 6.45) is 0. The first-order valence-corrected chi connectivity index (χ1v) is 10.3. The van der Waals surface area contributed by atoms with Crippen molar-refractivity contribution in [1.82, 2.24) is 4.90 Å². The maximum Gasteiger partial charge on any atom is 0.295 e. The maximum atomic E-state index is 13.0. The van der Waals surface area contributed by atoms with Crippen molar-refractivity contribution in [2.75, 3.05) is 40.6 Å². The van der Waals surface area contributed by atoms with Gasteiger partial charge < -0.3 is 29.3 Å². The molecule has 11 heteroatoms. The Morgan fingerprint density at radius 3 is 2.32 bits per heavy atom. The van der Waals surface area contributed by atoms with E-state index in [1.807, 2.05) is 0 Å². The molecular weight excluding hydrogens is 448 g/mol. The third-order valence-electron chi connectivity index (χ3n) is 5.33. The Kier molecular flexibility index (Phi) is 7.82. The number of nitro groups is 1. The Labute approximate surface area is 194 Å². The number of carbonyl (C=O) groups is 2. The molecule has 2 N–H and O–H groups in total. The second-order valence-corrected chi connectivity index (χ2v) is 7.25. The normalized spacial score (nSPS) is 17.1. The van der Waals surface area contributed by atoms with Crippen LogP contribution < -0.4 is 9.47 Å². The zero-order chi connectivity index (χ0) is 24.8. The molecule has 2 aromatic rings. The summed E-state index contributed by atoms with van der Waals surface area (Å²) in [5.74, 6) is -1.41. The zero-order valence-corrected chi connectivity index (χ0v) is 18.6. The molecule has 0 aromatic heterocycles. The molecule has 34 heavy (non-hydrogen) atoms. The van der Waals surface area contributed by atoms with E-state index in [9.17, 15) is 24.8 Å². The van der Waals surface area contributed by atoms with Gasteiger partial charge in [0.05, 0.1) is 50.6 Å². The SMILES string of the molecule is COc1ccc(C2C(=C(O)c3ccc([N+](=O)[O-])cc3)C(=O)C(=O)N2CCOCCO)cc1OC. The molecule has 11 nitrogen and oxygen atoms in total. The van der Waals surface area contributed by atoms with Crippen molar-refractivity contribution in [2.24, 2.45) is 0 Å². The van der Waals surface area contributed by atoms with Crippen molar-refractivity contribution in [3.63, 3.8) is 0 Å². The monoisotopic (exact) mass is 472 g/mol. The van der Waals surface area contributed by atoms with Crippen molar-refractivity contribution in [3.8, 4) is 11.5 Å². The minimum atomic E-state index is -0.979. The summed E-state index contributed by atoms with van der Waals surface area (Å²) in [5.41, 5.74) is 0.260. The van der Waals surface area contributed by atoms with Crippen molar-refractivity contribution < 1.29 is 38.9 Å². The quantitative estimate of drug-likeness (QED) is 0.132. The number of carbonyl (C=O) groups excluding carboxylic acids is 2. The fourth-order valence-corrected chi connectivity index (χ4v) is 3.71. The molecular formula is C23H24N2O9. The molecule has 1 aliphatic heterocycles. The number of non-ortho nitro benzene ring substituents is 1. The number of benzene rings is 2. The van der Waals surface area contributed by atoms with Crippen molar-refractivity contribution in [1.29, 1.82) is 0 Å².